The Morgan fingerprint density at radius 1 is 1.03 bits per heavy atom. The van der Waals surface area contributed by atoms with Gasteiger partial charge in [-0.25, -0.2) is 4.98 Å². The maximum atomic E-state index is 12.9. The van der Waals surface area contributed by atoms with Gasteiger partial charge in [0.25, 0.3) is 0 Å². The smallest absolute Gasteiger partial charge is 0.226 e. The van der Waals surface area contributed by atoms with Crippen LogP contribution in [0.25, 0.3) is 11.0 Å². The number of para-hydroxylation sites is 2. The van der Waals surface area contributed by atoms with Crippen LogP contribution in [0.2, 0.25) is 0 Å². The van der Waals surface area contributed by atoms with Gasteiger partial charge in [0.1, 0.15) is 5.82 Å². The highest BCUT2D eigenvalue weighted by atomic mass is 16.2. The number of pyridine rings is 1. The van der Waals surface area contributed by atoms with E-state index in [9.17, 15) is 9.59 Å². The predicted molar refractivity (Wildman–Crippen MR) is 130 cm³/mol. The molecule has 0 radical (unpaired) electrons. The zero-order valence-corrected chi connectivity index (χ0v) is 19.7. The summed E-state index contributed by atoms with van der Waals surface area (Å²) in [6, 6.07) is 14.0. The van der Waals surface area contributed by atoms with Crippen molar-refractivity contribution in [2.45, 2.75) is 25.8 Å². The second kappa shape index (κ2) is 9.93. The fraction of sp³-hybridized carbons (Fsp3) is 0.462. The number of aromatic nitrogens is 3. The lowest BCUT2D eigenvalue weighted by Crippen LogP contribution is -2.57. The molecule has 8 heteroatoms. The first kappa shape index (κ1) is 22.5. The van der Waals surface area contributed by atoms with E-state index in [1.165, 1.54) is 0 Å². The van der Waals surface area contributed by atoms with Gasteiger partial charge in [0, 0.05) is 51.8 Å². The summed E-state index contributed by atoms with van der Waals surface area (Å²) in [6.07, 6.45) is 4.25. The third kappa shape index (κ3) is 4.82. The molecule has 178 valence electrons. The molecular weight excluding hydrogens is 428 g/mol. The molecule has 0 bridgehead atoms. The van der Waals surface area contributed by atoms with E-state index in [-0.39, 0.29) is 23.7 Å². The summed E-state index contributed by atoms with van der Waals surface area (Å²) in [7, 11) is 2.00. The molecule has 0 aliphatic carbocycles. The van der Waals surface area contributed by atoms with Crippen molar-refractivity contribution in [2.24, 2.45) is 18.9 Å². The normalized spacial score (nSPS) is 17.6. The Morgan fingerprint density at radius 3 is 2.53 bits per heavy atom. The van der Waals surface area contributed by atoms with Crippen LogP contribution in [0.4, 0.5) is 0 Å². The molecule has 0 atom stereocenters. The van der Waals surface area contributed by atoms with E-state index in [4.69, 9.17) is 0 Å². The summed E-state index contributed by atoms with van der Waals surface area (Å²) in [6.45, 7) is 4.27. The lowest BCUT2D eigenvalue weighted by molar-refractivity contribution is -0.147. The van der Waals surface area contributed by atoms with Gasteiger partial charge < -0.3 is 14.8 Å². The predicted octanol–water partition coefficient (Wildman–Crippen LogP) is 2.00. The molecule has 0 saturated carbocycles. The van der Waals surface area contributed by atoms with Crippen molar-refractivity contribution in [1.82, 2.24) is 29.7 Å². The molecular formula is C26H32N6O2. The minimum absolute atomic E-state index is 0.0352. The highest BCUT2D eigenvalue weighted by Crippen LogP contribution is 2.25. The summed E-state index contributed by atoms with van der Waals surface area (Å²) in [5.74, 6) is 1.17. The van der Waals surface area contributed by atoms with Crippen molar-refractivity contribution < 1.29 is 9.59 Å². The van der Waals surface area contributed by atoms with Gasteiger partial charge in [-0.05, 0) is 50.2 Å². The number of aryl methyl sites for hydroxylation is 1. The lowest BCUT2D eigenvalue weighted by Gasteiger charge is -2.41. The van der Waals surface area contributed by atoms with E-state index in [1.54, 1.807) is 0 Å². The topological polar surface area (TPSA) is 83.4 Å². The molecule has 3 aromatic rings. The zero-order chi connectivity index (χ0) is 23.5. The van der Waals surface area contributed by atoms with Gasteiger partial charge in [-0.1, -0.05) is 18.2 Å². The Kier molecular flexibility index (Phi) is 6.58. The maximum Gasteiger partial charge on any atom is 0.226 e. The van der Waals surface area contributed by atoms with Crippen molar-refractivity contribution >= 4 is 22.8 Å². The van der Waals surface area contributed by atoms with Crippen LogP contribution in [0.3, 0.4) is 0 Å². The number of likely N-dealkylation sites (tertiary alicyclic amines) is 2. The van der Waals surface area contributed by atoms with Crippen LogP contribution in [0.1, 0.15) is 24.4 Å². The number of carbonyl (C=O) groups is 2. The third-order valence-corrected chi connectivity index (χ3v) is 7.14. The van der Waals surface area contributed by atoms with Gasteiger partial charge in [-0.2, -0.15) is 0 Å². The number of amides is 2. The number of rotatable bonds is 7. The average Bonchev–Trinajstić information content (AvgIpc) is 3.15. The molecule has 4 heterocycles. The molecule has 2 aromatic heterocycles. The van der Waals surface area contributed by atoms with E-state index in [0.29, 0.717) is 26.1 Å². The van der Waals surface area contributed by atoms with E-state index in [0.717, 1.165) is 55.0 Å². The molecule has 0 spiro atoms. The highest BCUT2D eigenvalue weighted by molar-refractivity contribution is 5.85. The molecule has 2 aliphatic heterocycles. The Hall–Kier alpha value is -3.26. The molecule has 34 heavy (non-hydrogen) atoms. The van der Waals surface area contributed by atoms with Crippen molar-refractivity contribution in [3.8, 4) is 0 Å². The molecule has 2 saturated heterocycles. The first-order chi connectivity index (χ1) is 16.6. The SMILES string of the molecule is Cn1c(CCNC(=O)C2CN(C(=O)C3CCN(Cc4ccccn4)CC3)C2)nc2ccccc21. The lowest BCUT2D eigenvalue weighted by atomic mass is 9.91. The van der Waals surface area contributed by atoms with Crippen LogP contribution in [-0.4, -0.2) is 68.9 Å². The number of fused-ring (bicyclic) bond motifs is 1. The first-order valence-corrected chi connectivity index (χ1v) is 12.2. The van der Waals surface area contributed by atoms with Gasteiger partial charge in [0.2, 0.25) is 11.8 Å². The van der Waals surface area contributed by atoms with Crippen LogP contribution >= 0.6 is 0 Å². The summed E-state index contributed by atoms with van der Waals surface area (Å²) in [4.78, 5) is 38.7. The quantitative estimate of drug-likeness (QED) is 0.583. The van der Waals surface area contributed by atoms with Gasteiger partial charge in [0.05, 0.1) is 22.6 Å². The van der Waals surface area contributed by atoms with Crippen molar-refractivity contribution in [1.29, 1.82) is 0 Å². The third-order valence-electron chi connectivity index (χ3n) is 7.14. The second-order valence-electron chi connectivity index (χ2n) is 9.43. The van der Waals surface area contributed by atoms with E-state index < -0.39 is 0 Å². The molecule has 2 fully saturated rings. The number of imidazole rings is 1. The van der Waals surface area contributed by atoms with Crippen LogP contribution in [-0.2, 0) is 29.6 Å². The second-order valence-corrected chi connectivity index (χ2v) is 9.43. The zero-order valence-electron chi connectivity index (χ0n) is 19.7. The monoisotopic (exact) mass is 460 g/mol. The molecule has 1 N–H and O–H groups in total. The van der Waals surface area contributed by atoms with Crippen LogP contribution < -0.4 is 5.32 Å². The minimum Gasteiger partial charge on any atom is -0.355 e. The molecule has 5 rings (SSSR count). The van der Waals surface area contributed by atoms with Crippen LogP contribution in [0.15, 0.2) is 48.7 Å². The number of nitrogens with one attached hydrogen (secondary N) is 1. The Labute approximate surface area is 200 Å². The Balaban J connectivity index is 1.02. The standard InChI is InChI=1S/C26H32N6O2/c1-30-23-8-3-2-7-22(23)29-24(30)9-13-28-25(33)20-16-32(17-20)26(34)19-10-14-31(15-11-19)18-21-6-4-5-12-27-21/h2-8,12,19-20H,9-11,13-18H2,1H3,(H,28,33). The Morgan fingerprint density at radius 2 is 1.79 bits per heavy atom. The summed E-state index contributed by atoms with van der Waals surface area (Å²) in [5.41, 5.74) is 3.14. The van der Waals surface area contributed by atoms with E-state index in [1.807, 2.05) is 54.5 Å². The number of carbonyl (C=O) groups excluding carboxylic acids is 2. The number of piperidine rings is 1. The van der Waals surface area contributed by atoms with Gasteiger partial charge in [0.15, 0.2) is 0 Å². The Bertz CT molecular complexity index is 1150. The number of benzene rings is 1. The van der Waals surface area contributed by atoms with Gasteiger partial charge in [-0.3, -0.25) is 19.5 Å². The number of hydrogen-bond donors (Lipinski definition) is 1. The van der Waals surface area contributed by atoms with Crippen molar-refractivity contribution in [3.63, 3.8) is 0 Å². The number of nitrogens with zero attached hydrogens (tertiary/aromatic N) is 5. The molecule has 1 aromatic carbocycles. The average molecular weight is 461 g/mol. The summed E-state index contributed by atoms with van der Waals surface area (Å²) >= 11 is 0. The van der Waals surface area contributed by atoms with Crippen LogP contribution in [0.5, 0.6) is 0 Å². The minimum atomic E-state index is -0.103. The molecule has 2 aliphatic rings. The van der Waals surface area contributed by atoms with Crippen molar-refractivity contribution in [2.75, 3.05) is 32.7 Å². The van der Waals surface area contributed by atoms with Gasteiger partial charge in [-0.15, -0.1) is 0 Å². The van der Waals surface area contributed by atoms with E-state index in [2.05, 4.69) is 30.8 Å². The number of hydrogen-bond acceptors (Lipinski definition) is 5. The largest absolute Gasteiger partial charge is 0.355 e. The summed E-state index contributed by atoms with van der Waals surface area (Å²) < 4.78 is 2.08. The fourth-order valence-corrected chi connectivity index (χ4v) is 5.00. The van der Waals surface area contributed by atoms with Gasteiger partial charge >= 0.3 is 0 Å². The molecule has 8 nitrogen and oxygen atoms in total. The summed E-state index contributed by atoms with van der Waals surface area (Å²) in [5, 5.41) is 3.03. The maximum absolute atomic E-state index is 12.9. The molecule has 0 unspecified atom stereocenters. The molecule has 2 amide bonds. The highest BCUT2D eigenvalue weighted by Gasteiger charge is 2.38. The van der Waals surface area contributed by atoms with E-state index >= 15 is 0 Å². The fourth-order valence-electron chi connectivity index (χ4n) is 5.00. The first-order valence-electron chi connectivity index (χ1n) is 12.2. The van der Waals surface area contributed by atoms with Crippen LogP contribution in [0, 0.1) is 11.8 Å². The van der Waals surface area contributed by atoms with Crippen molar-refractivity contribution in [3.05, 3.63) is 60.2 Å².